The standard InChI is InChI=1S/C20H30O5/c1-10-8-23-14-13(10)19-9-24-12-7-11(17(2,3)4)18(20(12,19)15(14)21)5-6-22-16(18)25-19/h10-16,21H,5-9H2,1-4H3/t10-,11+,12?,13+,14?,15+,16?,18?,19+,20?/m1/s1. The van der Waals surface area contributed by atoms with Gasteiger partial charge in [-0.15, -0.1) is 0 Å². The molecule has 10 atom stereocenters. The van der Waals surface area contributed by atoms with Crippen molar-refractivity contribution in [1.29, 1.82) is 0 Å². The number of aliphatic hydroxyl groups is 1. The van der Waals surface area contributed by atoms with Crippen molar-refractivity contribution in [2.24, 2.45) is 34.0 Å². The third kappa shape index (κ3) is 1.31. The summed E-state index contributed by atoms with van der Waals surface area (Å²) >= 11 is 0. The maximum absolute atomic E-state index is 11.7. The summed E-state index contributed by atoms with van der Waals surface area (Å²) in [5.74, 6) is 1.01. The van der Waals surface area contributed by atoms with Gasteiger partial charge in [0, 0.05) is 11.3 Å². The molecule has 2 spiro atoms. The molecule has 6 aliphatic rings. The molecule has 0 radical (unpaired) electrons. The number of hydrogen-bond donors (Lipinski definition) is 1. The topological polar surface area (TPSA) is 57.2 Å². The van der Waals surface area contributed by atoms with Gasteiger partial charge in [0.1, 0.15) is 5.60 Å². The molecule has 6 rings (SSSR count). The molecular weight excluding hydrogens is 320 g/mol. The zero-order chi connectivity index (χ0) is 17.4. The van der Waals surface area contributed by atoms with Crippen LogP contribution in [0.3, 0.4) is 0 Å². The predicted octanol–water partition coefficient (Wildman–Crippen LogP) is 1.96. The van der Waals surface area contributed by atoms with E-state index in [1.54, 1.807) is 0 Å². The lowest BCUT2D eigenvalue weighted by molar-refractivity contribution is -0.199. The second-order valence-corrected chi connectivity index (χ2v) is 10.6. The van der Waals surface area contributed by atoms with Gasteiger partial charge in [-0.1, -0.05) is 27.7 Å². The molecule has 4 saturated heterocycles. The Morgan fingerprint density at radius 1 is 1.12 bits per heavy atom. The Morgan fingerprint density at radius 2 is 1.92 bits per heavy atom. The van der Waals surface area contributed by atoms with Crippen LogP contribution in [0.15, 0.2) is 0 Å². The van der Waals surface area contributed by atoms with Crippen LogP contribution in [0, 0.1) is 34.0 Å². The first kappa shape index (κ1) is 15.8. The summed E-state index contributed by atoms with van der Waals surface area (Å²) in [4.78, 5) is 0. The zero-order valence-electron chi connectivity index (χ0n) is 15.7. The molecule has 6 fully saturated rings. The maximum Gasteiger partial charge on any atom is 0.165 e. The highest BCUT2D eigenvalue weighted by atomic mass is 16.7. The van der Waals surface area contributed by atoms with E-state index in [1.165, 1.54) is 0 Å². The minimum absolute atomic E-state index is 0.0554. The van der Waals surface area contributed by atoms with E-state index in [2.05, 4.69) is 27.7 Å². The predicted molar refractivity (Wildman–Crippen MR) is 88.7 cm³/mol. The minimum atomic E-state index is -0.519. The number of fused-ring (bicyclic) bond motifs is 1. The molecule has 4 heterocycles. The fourth-order valence-electron chi connectivity index (χ4n) is 8.57. The van der Waals surface area contributed by atoms with E-state index < -0.39 is 11.7 Å². The van der Waals surface area contributed by atoms with Crippen LogP contribution in [0.1, 0.15) is 40.5 Å². The number of hydrogen-bond acceptors (Lipinski definition) is 5. The summed E-state index contributed by atoms with van der Waals surface area (Å²) in [6, 6.07) is 0. The Balaban J connectivity index is 1.62. The molecule has 5 unspecified atom stereocenters. The number of rotatable bonds is 0. The molecule has 5 nitrogen and oxygen atoms in total. The first-order valence-electron chi connectivity index (χ1n) is 10.0. The monoisotopic (exact) mass is 350 g/mol. The van der Waals surface area contributed by atoms with Crippen molar-refractivity contribution in [2.75, 3.05) is 19.8 Å². The van der Waals surface area contributed by atoms with Gasteiger partial charge in [-0.3, -0.25) is 0 Å². The lowest BCUT2D eigenvalue weighted by atomic mass is 9.52. The van der Waals surface area contributed by atoms with Crippen molar-refractivity contribution in [3.8, 4) is 0 Å². The molecule has 0 aromatic carbocycles. The van der Waals surface area contributed by atoms with Crippen LogP contribution in [-0.4, -0.2) is 55.1 Å². The molecule has 25 heavy (non-hydrogen) atoms. The number of ether oxygens (including phenoxy) is 4. The molecule has 1 N–H and O–H groups in total. The van der Waals surface area contributed by atoms with E-state index in [0.29, 0.717) is 25.0 Å². The van der Waals surface area contributed by atoms with E-state index in [-0.39, 0.29) is 40.7 Å². The van der Waals surface area contributed by atoms with Crippen molar-refractivity contribution in [2.45, 2.75) is 70.7 Å². The molecule has 0 aromatic rings. The molecule has 0 amide bonds. The summed E-state index contributed by atoms with van der Waals surface area (Å²) in [6.07, 6.45) is 1.19. The van der Waals surface area contributed by atoms with Gasteiger partial charge in [-0.2, -0.15) is 0 Å². The molecule has 140 valence electrons. The van der Waals surface area contributed by atoms with Gasteiger partial charge in [-0.05, 0) is 30.1 Å². The maximum atomic E-state index is 11.7. The average Bonchev–Trinajstić information content (AvgIpc) is 3.25. The lowest BCUT2D eigenvalue weighted by Gasteiger charge is -2.48. The Morgan fingerprint density at radius 3 is 2.68 bits per heavy atom. The molecule has 2 saturated carbocycles. The van der Waals surface area contributed by atoms with Crippen molar-refractivity contribution >= 4 is 0 Å². The van der Waals surface area contributed by atoms with E-state index in [9.17, 15) is 5.11 Å². The fourth-order valence-corrected chi connectivity index (χ4v) is 8.57. The lowest BCUT2D eigenvalue weighted by Crippen LogP contribution is -2.58. The van der Waals surface area contributed by atoms with Crippen LogP contribution < -0.4 is 0 Å². The molecule has 0 aromatic heterocycles. The van der Waals surface area contributed by atoms with Crippen molar-refractivity contribution in [3.63, 3.8) is 0 Å². The van der Waals surface area contributed by atoms with Crippen LogP contribution >= 0.6 is 0 Å². The van der Waals surface area contributed by atoms with Gasteiger partial charge < -0.3 is 24.1 Å². The van der Waals surface area contributed by atoms with Crippen molar-refractivity contribution < 1.29 is 24.1 Å². The molecular formula is C20H30O5. The summed E-state index contributed by atoms with van der Waals surface area (Å²) in [5.41, 5.74) is -0.844. The molecule has 0 bridgehead atoms. The highest BCUT2D eigenvalue weighted by Gasteiger charge is 2.93. The van der Waals surface area contributed by atoms with E-state index in [4.69, 9.17) is 18.9 Å². The van der Waals surface area contributed by atoms with E-state index >= 15 is 0 Å². The molecule has 2 aliphatic carbocycles. The third-order valence-electron chi connectivity index (χ3n) is 8.95. The molecule has 5 heteroatoms. The Kier molecular flexibility index (Phi) is 2.70. The Labute approximate surface area is 149 Å². The van der Waals surface area contributed by atoms with E-state index in [0.717, 1.165) is 19.4 Å². The van der Waals surface area contributed by atoms with Crippen LogP contribution in [0.25, 0.3) is 0 Å². The summed E-state index contributed by atoms with van der Waals surface area (Å²) in [6.45, 7) is 11.2. The minimum Gasteiger partial charge on any atom is -0.390 e. The largest absolute Gasteiger partial charge is 0.390 e. The first-order chi connectivity index (χ1) is 11.8. The number of aliphatic hydroxyl groups excluding tert-OH is 1. The third-order valence-corrected chi connectivity index (χ3v) is 8.95. The van der Waals surface area contributed by atoms with Gasteiger partial charge in [0.05, 0.1) is 43.5 Å². The second kappa shape index (κ2) is 4.27. The van der Waals surface area contributed by atoms with Crippen LogP contribution in [-0.2, 0) is 18.9 Å². The van der Waals surface area contributed by atoms with Crippen molar-refractivity contribution in [1.82, 2.24) is 0 Å². The van der Waals surface area contributed by atoms with Gasteiger partial charge in [0.25, 0.3) is 0 Å². The second-order valence-electron chi connectivity index (χ2n) is 10.6. The van der Waals surface area contributed by atoms with Crippen LogP contribution in [0.4, 0.5) is 0 Å². The van der Waals surface area contributed by atoms with Gasteiger partial charge in [-0.25, -0.2) is 0 Å². The fraction of sp³-hybridized carbons (Fsp3) is 1.00. The summed E-state index contributed by atoms with van der Waals surface area (Å²) in [5, 5.41) is 11.7. The normalized spacial score (nSPS) is 64.4. The Bertz CT molecular complexity index is 630. The van der Waals surface area contributed by atoms with E-state index in [1.807, 2.05) is 0 Å². The van der Waals surface area contributed by atoms with Gasteiger partial charge in [0.15, 0.2) is 6.29 Å². The zero-order valence-corrected chi connectivity index (χ0v) is 15.7. The van der Waals surface area contributed by atoms with Crippen LogP contribution in [0.2, 0.25) is 0 Å². The average molecular weight is 350 g/mol. The first-order valence-corrected chi connectivity index (χ1v) is 10.0. The van der Waals surface area contributed by atoms with Gasteiger partial charge in [0.2, 0.25) is 0 Å². The molecule has 4 aliphatic heterocycles. The summed E-state index contributed by atoms with van der Waals surface area (Å²) in [7, 11) is 0. The van der Waals surface area contributed by atoms with Gasteiger partial charge >= 0.3 is 0 Å². The quantitative estimate of drug-likeness (QED) is 0.724. The smallest absolute Gasteiger partial charge is 0.165 e. The van der Waals surface area contributed by atoms with Crippen molar-refractivity contribution in [3.05, 3.63) is 0 Å². The highest BCUT2D eigenvalue weighted by molar-refractivity contribution is 5.38. The summed E-state index contributed by atoms with van der Waals surface area (Å²) < 4.78 is 25.6. The Hall–Kier alpha value is -0.200. The SMILES string of the molecule is C[C@@H]1COC2[C@H]1[C@]13COC4C[C@@H](C(C)(C)C)C5(CCOC5O1)C43[C@H]2O. The highest BCUT2D eigenvalue weighted by Crippen LogP contribution is 2.83. The van der Waals surface area contributed by atoms with Crippen LogP contribution in [0.5, 0.6) is 0 Å².